The molecule has 2 fully saturated rings. The second-order valence-electron chi connectivity index (χ2n) is 6.51. The summed E-state index contributed by atoms with van der Waals surface area (Å²) in [5.74, 6) is -0.650. The van der Waals surface area contributed by atoms with E-state index in [1.54, 1.807) is 29.2 Å². The van der Waals surface area contributed by atoms with Crippen molar-refractivity contribution in [3.8, 4) is 0 Å². The maximum Gasteiger partial charge on any atom is 0.227 e. The first-order valence-electron chi connectivity index (χ1n) is 8.60. The standard InChI is InChI=1S/C18H23N3O4/c1-12(22)20-14-4-6-15(7-5-14)21-11-13(9-17(21)23)18(24)19-10-16-3-2-8-25-16/h4-7,13,16H,2-3,8-11H2,1H3,(H,19,24)(H,20,22)/t13-,16-/m0/s1. The normalized spacial score (nSPS) is 22.9. The minimum atomic E-state index is -0.344. The molecule has 2 N–H and O–H groups in total. The highest BCUT2D eigenvalue weighted by Gasteiger charge is 2.35. The van der Waals surface area contributed by atoms with E-state index in [0.29, 0.717) is 18.8 Å². The van der Waals surface area contributed by atoms with E-state index in [0.717, 1.165) is 25.1 Å². The fourth-order valence-electron chi connectivity index (χ4n) is 3.22. The molecule has 7 heteroatoms. The maximum absolute atomic E-state index is 12.3. The maximum atomic E-state index is 12.3. The molecule has 1 aromatic carbocycles. The van der Waals surface area contributed by atoms with E-state index < -0.39 is 0 Å². The monoisotopic (exact) mass is 345 g/mol. The van der Waals surface area contributed by atoms with Crippen LogP contribution in [0.2, 0.25) is 0 Å². The lowest BCUT2D eigenvalue weighted by atomic mass is 10.1. The van der Waals surface area contributed by atoms with Crippen molar-refractivity contribution in [2.24, 2.45) is 5.92 Å². The Labute approximate surface area is 146 Å². The van der Waals surface area contributed by atoms with Crippen molar-refractivity contribution in [3.05, 3.63) is 24.3 Å². The molecule has 2 aliphatic rings. The highest BCUT2D eigenvalue weighted by atomic mass is 16.5. The first-order valence-corrected chi connectivity index (χ1v) is 8.60. The van der Waals surface area contributed by atoms with E-state index in [9.17, 15) is 14.4 Å². The fourth-order valence-corrected chi connectivity index (χ4v) is 3.22. The van der Waals surface area contributed by atoms with Gasteiger partial charge in [-0.2, -0.15) is 0 Å². The molecule has 2 saturated heterocycles. The van der Waals surface area contributed by atoms with Crippen molar-refractivity contribution in [2.75, 3.05) is 29.9 Å². The average molecular weight is 345 g/mol. The molecule has 25 heavy (non-hydrogen) atoms. The number of hydrogen-bond donors (Lipinski definition) is 2. The van der Waals surface area contributed by atoms with Crippen LogP contribution in [-0.2, 0) is 19.1 Å². The number of nitrogens with zero attached hydrogens (tertiary/aromatic N) is 1. The molecule has 0 saturated carbocycles. The highest BCUT2D eigenvalue weighted by molar-refractivity contribution is 6.00. The van der Waals surface area contributed by atoms with Gasteiger partial charge in [-0.1, -0.05) is 0 Å². The van der Waals surface area contributed by atoms with Crippen LogP contribution in [-0.4, -0.2) is 43.5 Å². The number of ether oxygens (including phenoxy) is 1. The molecule has 134 valence electrons. The number of carbonyl (C=O) groups excluding carboxylic acids is 3. The first kappa shape index (κ1) is 17.4. The third-order valence-corrected chi connectivity index (χ3v) is 4.52. The van der Waals surface area contributed by atoms with Crippen molar-refractivity contribution in [3.63, 3.8) is 0 Å². The van der Waals surface area contributed by atoms with Gasteiger partial charge in [0, 0.05) is 44.4 Å². The van der Waals surface area contributed by atoms with Gasteiger partial charge in [-0.15, -0.1) is 0 Å². The van der Waals surface area contributed by atoms with Gasteiger partial charge in [-0.05, 0) is 37.1 Å². The first-order chi connectivity index (χ1) is 12.0. The van der Waals surface area contributed by atoms with Gasteiger partial charge in [0.05, 0.1) is 12.0 Å². The van der Waals surface area contributed by atoms with Crippen molar-refractivity contribution in [1.82, 2.24) is 5.32 Å². The van der Waals surface area contributed by atoms with E-state index >= 15 is 0 Å². The van der Waals surface area contributed by atoms with Gasteiger partial charge in [0.1, 0.15) is 0 Å². The average Bonchev–Trinajstić information content (AvgIpc) is 3.22. The third kappa shape index (κ3) is 4.36. The summed E-state index contributed by atoms with van der Waals surface area (Å²) >= 11 is 0. The minimum Gasteiger partial charge on any atom is -0.376 e. The zero-order valence-corrected chi connectivity index (χ0v) is 14.3. The second kappa shape index (κ2) is 7.65. The van der Waals surface area contributed by atoms with E-state index in [4.69, 9.17) is 4.74 Å². The molecule has 7 nitrogen and oxygen atoms in total. The van der Waals surface area contributed by atoms with Gasteiger partial charge in [0.25, 0.3) is 0 Å². The van der Waals surface area contributed by atoms with Gasteiger partial charge >= 0.3 is 0 Å². The number of carbonyl (C=O) groups is 3. The Balaban J connectivity index is 1.56. The van der Waals surface area contributed by atoms with Crippen molar-refractivity contribution >= 4 is 29.1 Å². The van der Waals surface area contributed by atoms with Crippen molar-refractivity contribution < 1.29 is 19.1 Å². The molecule has 0 aliphatic carbocycles. The second-order valence-corrected chi connectivity index (χ2v) is 6.51. The Bertz CT molecular complexity index is 653. The van der Waals surface area contributed by atoms with E-state index in [1.165, 1.54) is 6.92 Å². The molecular weight excluding hydrogens is 322 g/mol. The van der Waals surface area contributed by atoms with Crippen LogP contribution in [0.1, 0.15) is 26.2 Å². The lowest BCUT2D eigenvalue weighted by Crippen LogP contribution is -2.37. The summed E-state index contributed by atoms with van der Waals surface area (Å²) in [6.45, 7) is 3.08. The molecule has 0 spiro atoms. The van der Waals surface area contributed by atoms with Crippen LogP contribution < -0.4 is 15.5 Å². The van der Waals surface area contributed by atoms with Crippen LogP contribution in [0.25, 0.3) is 0 Å². The van der Waals surface area contributed by atoms with Crippen LogP contribution in [0.3, 0.4) is 0 Å². The highest BCUT2D eigenvalue weighted by Crippen LogP contribution is 2.26. The van der Waals surface area contributed by atoms with E-state index in [2.05, 4.69) is 10.6 Å². The van der Waals surface area contributed by atoms with E-state index in [-0.39, 0.29) is 36.2 Å². The molecule has 3 rings (SSSR count). The Morgan fingerprint density at radius 2 is 2.04 bits per heavy atom. The molecular formula is C18H23N3O4. The fraction of sp³-hybridized carbons (Fsp3) is 0.500. The number of nitrogens with one attached hydrogen (secondary N) is 2. The zero-order valence-electron chi connectivity index (χ0n) is 14.3. The minimum absolute atomic E-state index is 0.0652. The largest absolute Gasteiger partial charge is 0.376 e. The summed E-state index contributed by atoms with van der Waals surface area (Å²) < 4.78 is 5.49. The molecule has 3 amide bonds. The molecule has 2 atom stereocenters. The van der Waals surface area contributed by atoms with Gasteiger partial charge in [0.2, 0.25) is 17.7 Å². The van der Waals surface area contributed by atoms with Gasteiger partial charge in [-0.25, -0.2) is 0 Å². The smallest absolute Gasteiger partial charge is 0.227 e. The summed E-state index contributed by atoms with van der Waals surface area (Å²) in [4.78, 5) is 37.2. The molecule has 0 radical (unpaired) electrons. The number of benzene rings is 1. The van der Waals surface area contributed by atoms with Crippen LogP contribution in [0.4, 0.5) is 11.4 Å². The number of rotatable bonds is 5. The number of amides is 3. The quantitative estimate of drug-likeness (QED) is 0.842. The van der Waals surface area contributed by atoms with Gasteiger partial charge in [0.15, 0.2) is 0 Å². The molecule has 0 bridgehead atoms. The SMILES string of the molecule is CC(=O)Nc1ccc(N2C[C@@H](C(=O)NC[C@@H]3CCCO3)CC2=O)cc1. The Hall–Kier alpha value is -2.41. The van der Waals surface area contributed by atoms with Crippen LogP contribution in [0.15, 0.2) is 24.3 Å². The lowest BCUT2D eigenvalue weighted by Gasteiger charge is -2.18. The van der Waals surface area contributed by atoms with Crippen molar-refractivity contribution in [1.29, 1.82) is 0 Å². The topological polar surface area (TPSA) is 87.7 Å². The summed E-state index contributed by atoms with van der Waals surface area (Å²) in [7, 11) is 0. The molecule has 0 unspecified atom stereocenters. The Morgan fingerprint density at radius 3 is 2.68 bits per heavy atom. The van der Waals surface area contributed by atoms with E-state index in [1.807, 2.05) is 0 Å². The summed E-state index contributed by atoms with van der Waals surface area (Å²) in [6, 6.07) is 7.04. The number of hydrogen-bond acceptors (Lipinski definition) is 4. The van der Waals surface area contributed by atoms with Crippen LogP contribution in [0.5, 0.6) is 0 Å². The third-order valence-electron chi connectivity index (χ3n) is 4.52. The Kier molecular flexibility index (Phi) is 5.33. The molecule has 2 heterocycles. The lowest BCUT2D eigenvalue weighted by molar-refractivity contribution is -0.126. The predicted molar refractivity (Wildman–Crippen MR) is 93.2 cm³/mol. The number of anilines is 2. The molecule has 0 aromatic heterocycles. The van der Waals surface area contributed by atoms with Gasteiger partial charge < -0.3 is 20.3 Å². The van der Waals surface area contributed by atoms with Gasteiger partial charge in [-0.3, -0.25) is 14.4 Å². The molecule has 1 aromatic rings. The summed E-state index contributed by atoms with van der Waals surface area (Å²) in [5, 5.41) is 5.59. The van der Waals surface area contributed by atoms with Crippen LogP contribution in [0, 0.1) is 5.92 Å². The Morgan fingerprint density at radius 1 is 1.28 bits per heavy atom. The molecule has 2 aliphatic heterocycles. The summed E-state index contributed by atoms with van der Waals surface area (Å²) in [5.41, 5.74) is 1.40. The van der Waals surface area contributed by atoms with Crippen LogP contribution >= 0.6 is 0 Å². The predicted octanol–water partition coefficient (Wildman–Crippen LogP) is 1.29. The summed E-state index contributed by atoms with van der Waals surface area (Å²) in [6.07, 6.45) is 2.31. The zero-order chi connectivity index (χ0) is 17.8. The van der Waals surface area contributed by atoms with Crippen molar-refractivity contribution in [2.45, 2.75) is 32.3 Å².